The molecule has 0 saturated carbocycles. The maximum absolute atomic E-state index is 12.5. The molecule has 2 rings (SSSR count). The normalized spacial score (nSPS) is 15.2. The fourth-order valence-corrected chi connectivity index (χ4v) is 2.58. The monoisotopic (exact) mass is 348 g/mol. The summed E-state index contributed by atoms with van der Waals surface area (Å²) in [5.41, 5.74) is 0.116. The van der Waals surface area contributed by atoms with Crippen LogP contribution in [0, 0.1) is 0 Å². The number of methoxy groups -OCH3 is 1. The average molecular weight is 348 g/mol. The number of carbonyl (C=O) groups is 3. The van der Waals surface area contributed by atoms with E-state index >= 15 is 0 Å². The Morgan fingerprint density at radius 2 is 1.68 bits per heavy atom. The third kappa shape index (κ3) is 4.17. The van der Waals surface area contributed by atoms with E-state index in [0.717, 1.165) is 4.90 Å². The van der Waals surface area contributed by atoms with Gasteiger partial charge in [0.25, 0.3) is 11.8 Å². The van der Waals surface area contributed by atoms with Crippen molar-refractivity contribution >= 4 is 17.9 Å². The highest BCUT2D eigenvalue weighted by Crippen LogP contribution is 2.23. The highest BCUT2D eigenvalue weighted by atomic mass is 16.6. The van der Waals surface area contributed by atoms with Crippen molar-refractivity contribution < 1.29 is 23.9 Å². The van der Waals surface area contributed by atoms with Crippen molar-refractivity contribution in [3.05, 3.63) is 35.4 Å². The number of hydrogen-bond acceptors (Lipinski definition) is 5. The third-order valence-electron chi connectivity index (χ3n) is 3.86. The molecular weight excluding hydrogens is 324 g/mol. The van der Waals surface area contributed by atoms with Gasteiger partial charge in [-0.05, 0) is 32.9 Å². The van der Waals surface area contributed by atoms with Crippen LogP contribution in [0.4, 0.5) is 4.79 Å². The molecule has 0 aliphatic carbocycles. The Bertz CT molecular complexity index is 645. The smallest absolute Gasteiger partial charge is 0.410 e. The number of carbonyl (C=O) groups excluding carboxylic acids is 3. The van der Waals surface area contributed by atoms with Crippen LogP contribution < -0.4 is 0 Å². The zero-order valence-electron chi connectivity index (χ0n) is 15.2. The predicted molar refractivity (Wildman–Crippen MR) is 91.5 cm³/mol. The summed E-state index contributed by atoms with van der Waals surface area (Å²) < 4.78 is 10.5. The van der Waals surface area contributed by atoms with Gasteiger partial charge in [0, 0.05) is 14.2 Å². The van der Waals surface area contributed by atoms with E-state index in [1.807, 2.05) is 0 Å². The van der Waals surface area contributed by atoms with Gasteiger partial charge >= 0.3 is 6.09 Å². The maximum atomic E-state index is 12.5. The van der Waals surface area contributed by atoms with Crippen LogP contribution in [0.3, 0.4) is 0 Å². The Morgan fingerprint density at radius 3 is 2.12 bits per heavy atom. The van der Waals surface area contributed by atoms with Gasteiger partial charge in [-0.2, -0.15) is 0 Å². The summed E-state index contributed by atoms with van der Waals surface area (Å²) in [5.74, 6) is -0.724. The second-order valence-corrected chi connectivity index (χ2v) is 6.97. The molecule has 0 spiro atoms. The molecular formula is C18H24N2O5. The summed E-state index contributed by atoms with van der Waals surface area (Å²) in [6.07, 6.45) is -0.536. The molecule has 1 atom stereocenters. The Hall–Kier alpha value is -2.41. The van der Waals surface area contributed by atoms with E-state index in [0.29, 0.717) is 11.1 Å². The highest BCUT2D eigenvalue weighted by molar-refractivity contribution is 6.21. The zero-order valence-corrected chi connectivity index (χ0v) is 15.2. The Kier molecular flexibility index (Phi) is 5.47. The molecule has 1 aliphatic rings. The van der Waals surface area contributed by atoms with Crippen LogP contribution in [0.1, 0.15) is 41.5 Å². The summed E-state index contributed by atoms with van der Waals surface area (Å²) in [7, 11) is 3.06. The van der Waals surface area contributed by atoms with Gasteiger partial charge in [0.05, 0.1) is 30.3 Å². The van der Waals surface area contributed by atoms with E-state index in [-0.39, 0.29) is 25.0 Å². The lowest BCUT2D eigenvalue weighted by Crippen LogP contribution is -2.50. The fraction of sp³-hybridized carbons (Fsp3) is 0.500. The van der Waals surface area contributed by atoms with Gasteiger partial charge in [-0.1, -0.05) is 12.1 Å². The number of rotatable bonds is 5. The van der Waals surface area contributed by atoms with Crippen LogP contribution >= 0.6 is 0 Å². The number of likely N-dealkylation sites (N-methyl/N-ethyl adjacent to an activating group) is 1. The van der Waals surface area contributed by atoms with E-state index in [2.05, 4.69) is 0 Å². The largest absolute Gasteiger partial charge is 0.444 e. The summed E-state index contributed by atoms with van der Waals surface area (Å²) in [6.45, 7) is 5.52. The molecule has 136 valence electrons. The van der Waals surface area contributed by atoms with Crippen molar-refractivity contribution in [2.75, 3.05) is 27.3 Å². The number of fused-ring (bicyclic) bond motifs is 1. The van der Waals surface area contributed by atoms with Crippen molar-refractivity contribution in [2.24, 2.45) is 0 Å². The first-order valence-corrected chi connectivity index (χ1v) is 8.05. The molecule has 25 heavy (non-hydrogen) atoms. The molecule has 0 unspecified atom stereocenters. The lowest BCUT2D eigenvalue weighted by molar-refractivity contribution is 0.00790. The number of ether oxygens (including phenoxy) is 2. The van der Waals surface area contributed by atoms with Gasteiger partial charge in [-0.25, -0.2) is 4.79 Å². The predicted octanol–water partition coefficient (Wildman–Crippen LogP) is 2.16. The standard InChI is InChI=1S/C18H24N2O5/c1-18(2,3)25-17(23)19(4)12(11-24-5)10-20-15(21)13-8-6-7-9-14(13)16(20)22/h6-9,12H,10-11H2,1-5H3/t12-/m1/s1. The summed E-state index contributed by atoms with van der Waals surface area (Å²) in [4.78, 5) is 39.8. The highest BCUT2D eigenvalue weighted by Gasteiger charge is 2.38. The van der Waals surface area contributed by atoms with Gasteiger partial charge < -0.3 is 14.4 Å². The van der Waals surface area contributed by atoms with Crippen LogP contribution in [-0.2, 0) is 9.47 Å². The van der Waals surface area contributed by atoms with E-state index in [1.165, 1.54) is 12.0 Å². The van der Waals surface area contributed by atoms with Crippen molar-refractivity contribution in [3.63, 3.8) is 0 Å². The second-order valence-electron chi connectivity index (χ2n) is 6.97. The van der Waals surface area contributed by atoms with E-state index < -0.39 is 17.7 Å². The minimum absolute atomic E-state index is 0.0376. The number of imide groups is 1. The lowest BCUT2D eigenvalue weighted by atomic mass is 10.1. The molecule has 0 saturated heterocycles. The Morgan fingerprint density at radius 1 is 1.16 bits per heavy atom. The van der Waals surface area contributed by atoms with Crippen LogP contribution in [0.25, 0.3) is 0 Å². The van der Waals surface area contributed by atoms with Gasteiger partial charge in [0.15, 0.2) is 0 Å². The van der Waals surface area contributed by atoms with E-state index in [1.54, 1.807) is 52.1 Å². The SMILES string of the molecule is COC[C@@H](CN1C(=O)c2ccccc2C1=O)N(C)C(=O)OC(C)(C)C. The van der Waals surface area contributed by atoms with Gasteiger partial charge in [-0.15, -0.1) is 0 Å². The lowest BCUT2D eigenvalue weighted by Gasteiger charge is -2.32. The van der Waals surface area contributed by atoms with Crippen molar-refractivity contribution in [2.45, 2.75) is 32.4 Å². The summed E-state index contributed by atoms with van der Waals surface area (Å²) in [6, 6.07) is 6.17. The van der Waals surface area contributed by atoms with Gasteiger partial charge in [-0.3, -0.25) is 14.5 Å². The number of benzene rings is 1. The van der Waals surface area contributed by atoms with Crippen LogP contribution in [0.15, 0.2) is 24.3 Å². The minimum Gasteiger partial charge on any atom is -0.444 e. The summed E-state index contributed by atoms with van der Waals surface area (Å²) >= 11 is 0. The van der Waals surface area contributed by atoms with E-state index in [9.17, 15) is 14.4 Å². The molecule has 0 radical (unpaired) electrons. The molecule has 7 heteroatoms. The van der Waals surface area contributed by atoms with Crippen LogP contribution in [0.2, 0.25) is 0 Å². The molecule has 0 N–H and O–H groups in total. The fourth-order valence-electron chi connectivity index (χ4n) is 2.58. The third-order valence-corrected chi connectivity index (χ3v) is 3.86. The first-order valence-electron chi connectivity index (χ1n) is 8.05. The molecule has 1 aromatic carbocycles. The Balaban J connectivity index is 2.16. The van der Waals surface area contributed by atoms with Gasteiger partial charge in [0.2, 0.25) is 0 Å². The van der Waals surface area contributed by atoms with Gasteiger partial charge in [0.1, 0.15) is 5.60 Å². The number of hydrogen-bond donors (Lipinski definition) is 0. The first-order chi connectivity index (χ1) is 11.7. The molecule has 0 bridgehead atoms. The molecule has 1 aromatic rings. The quantitative estimate of drug-likeness (QED) is 0.762. The minimum atomic E-state index is -0.640. The molecule has 7 nitrogen and oxygen atoms in total. The maximum Gasteiger partial charge on any atom is 0.410 e. The van der Waals surface area contributed by atoms with Crippen LogP contribution in [0.5, 0.6) is 0 Å². The number of nitrogens with zero attached hydrogens (tertiary/aromatic N) is 2. The van der Waals surface area contributed by atoms with E-state index in [4.69, 9.17) is 9.47 Å². The Labute approximate surface area is 147 Å². The van der Waals surface area contributed by atoms with Crippen molar-refractivity contribution in [1.29, 1.82) is 0 Å². The topological polar surface area (TPSA) is 76.2 Å². The molecule has 1 heterocycles. The number of amides is 3. The first kappa shape index (κ1) is 18.9. The molecule has 1 aliphatic heterocycles. The zero-order chi connectivity index (χ0) is 18.8. The molecule has 3 amide bonds. The van der Waals surface area contributed by atoms with Crippen molar-refractivity contribution in [1.82, 2.24) is 9.80 Å². The van der Waals surface area contributed by atoms with Crippen molar-refractivity contribution in [3.8, 4) is 0 Å². The molecule has 0 fully saturated rings. The van der Waals surface area contributed by atoms with Crippen LogP contribution in [-0.4, -0.2) is 66.7 Å². The second kappa shape index (κ2) is 7.23. The average Bonchev–Trinajstić information content (AvgIpc) is 2.77. The summed E-state index contributed by atoms with van der Waals surface area (Å²) in [5, 5.41) is 0. The molecule has 0 aromatic heterocycles.